The average molecular weight is 322 g/mol. The lowest BCUT2D eigenvalue weighted by atomic mass is 10.0. The van der Waals surface area contributed by atoms with Gasteiger partial charge in [-0.2, -0.15) is 0 Å². The summed E-state index contributed by atoms with van der Waals surface area (Å²) in [7, 11) is 0. The topological polar surface area (TPSA) is 65.2 Å². The fourth-order valence-corrected chi connectivity index (χ4v) is 2.88. The minimum Gasteiger partial charge on any atom is -0.333 e. The number of hydrogen-bond acceptors (Lipinski definition) is 3. The maximum atomic E-state index is 12.9. The number of carbonyl (C=O) groups is 1. The number of amides is 1. The van der Waals surface area contributed by atoms with E-state index in [9.17, 15) is 9.59 Å². The molecule has 0 radical (unpaired) electrons. The van der Waals surface area contributed by atoms with Crippen LogP contribution < -0.4 is 10.9 Å². The van der Waals surface area contributed by atoms with Gasteiger partial charge in [0.05, 0.1) is 5.56 Å². The minimum atomic E-state index is -0.243. The number of carbonyl (C=O) groups excluding carboxylic acids is 1. The third kappa shape index (κ3) is 2.87. The van der Waals surface area contributed by atoms with Gasteiger partial charge in [-0.05, 0) is 19.9 Å². The summed E-state index contributed by atoms with van der Waals surface area (Å²) in [5.74, 6) is -0.0712. The Bertz CT molecular complexity index is 743. The molecule has 2 N–H and O–H groups in total. The summed E-state index contributed by atoms with van der Waals surface area (Å²) in [4.78, 5) is 29.3. The molecule has 1 saturated heterocycles. The second-order valence-corrected chi connectivity index (χ2v) is 5.57. The van der Waals surface area contributed by atoms with Crippen LogP contribution >= 0.6 is 12.4 Å². The van der Waals surface area contributed by atoms with E-state index in [4.69, 9.17) is 0 Å². The maximum absolute atomic E-state index is 12.9. The number of nitrogens with zero attached hydrogens (tertiary/aromatic N) is 1. The van der Waals surface area contributed by atoms with Crippen LogP contribution in [0.25, 0.3) is 10.9 Å². The SMILES string of the molecule is CC1NCCN(C(=O)c2cc(=O)[nH]c3ccccc23)C1C.Cl. The molecule has 2 heterocycles. The van der Waals surface area contributed by atoms with E-state index in [1.54, 1.807) is 0 Å². The van der Waals surface area contributed by atoms with Crippen LogP contribution in [0.5, 0.6) is 0 Å². The number of piperazine rings is 1. The molecule has 6 heteroatoms. The molecular formula is C16H20ClN3O2. The molecule has 0 saturated carbocycles. The summed E-state index contributed by atoms with van der Waals surface area (Å²) in [6, 6.07) is 9.17. The molecule has 1 aliphatic rings. The molecule has 118 valence electrons. The number of pyridine rings is 1. The van der Waals surface area contributed by atoms with Crippen molar-refractivity contribution in [3.05, 3.63) is 46.2 Å². The Morgan fingerprint density at radius 2 is 2.00 bits per heavy atom. The van der Waals surface area contributed by atoms with Crippen LogP contribution in [-0.2, 0) is 0 Å². The third-order valence-electron chi connectivity index (χ3n) is 4.28. The zero-order chi connectivity index (χ0) is 15.0. The second-order valence-electron chi connectivity index (χ2n) is 5.57. The molecule has 0 spiro atoms. The lowest BCUT2D eigenvalue weighted by molar-refractivity contribution is 0.0605. The Morgan fingerprint density at radius 1 is 1.27 bits per heavy atom. The Kier molecular flexibility index (Phi) is 4.88. The quantitative estimate of drug-likeness (QED) is 0.841. The zero-order valence-corrected chi connectivity index (χ0v) is 13.4. The molecular weight excluding hydrogens is 302 g/mol. The highest BCUT2D eigenvalue weighted by atomic mass is 35.5. The smallest absolute Gasteiger partial charge is 0.255 e. The van der Waals surface area contributed by atoms with Gasteiger partial charge in [0.25, 0.3) is 5.91 Å². The number of halogens is 1. The van der Waals surface area contributed by atoms with E-state index in [0.29, 0.717) is 17.6 Å². The lowest BCUT2D eigenvalue weighted by Gasteiger charge is -2.38. The van der Waals surface area contributed by atoms with Crippen LogP contribution in [-0.4, -0.2) is 41.0 Å². The zero-order valence-electron chi connectivity index (χ0n) is 12.6. The number of H-pyrrole nitrogens is 1. The summed E-state index contributed by atoms with van der Waals surface area (Å²) >= 11 is 0. The molecule has 1 amide bonds. The van der Waals surface area contributed by atoms with Crippen molar-refractivity contribution in [2.24, 2.45) is 0 Å². The molecule has 1 fully saturated rings. The molecule has 1 aromatic carbocycles. The van der Waals surface area contributed by atoms with Gasteiger partial charge in [-0.3, -0.25) is 9.59 Å². The first-order chi connectivity index (χ1) is 10.1. The van der Waals surface area contributed by atoms with E-state index in [-0.39, 0.29) is 36.0 Å². The summed E-state index contributed by atoms with van der Waals surface area (Å²) in [5.41, 5.74) is 0.937. The molecule has 1 aromatic heterocycles. The summed E-state index contributed by atoms with van der Waals surface area (Å²) in [5, 5.41) is 4.15. The van der Waals surface area contributed by atoms with Crippen molar-refractivity contribution >= 4 is 29.2 Å². The number of fused-ring (bicyclic) bond motifs is 1. The van der Waals surface area contributed by atoms with Gasteiger partial charge in [-0.25, -0.2) is 0 Å². The Labute approximate surface area is 135 Å². The molecule has 1 aliphatic heterocycles. The number of para-hydroxylation sites is 1. The first-order valence-corrected chi connectivity index (χ1v) is 7.24. The molecule has 2 aromatic rings. The van der Waals surface area contributed by atoms with E-state index in [2.05, 4.69) is 17.2 Å². The predicted molar refractivity (Wildman–Crippen MR) is 89.8 cm³/mol. The van der Waals surface area contributed by atoms with Gasteiger partial charge in [0, 0.05) is 42.1 Å². The molecule has 22 heavy (non-hydrogen) atoms. The number of nitrogens with one attached hydrogen (secondary N) is 2. The van der Waals surface area contributed by atoms with E-state index in [1.807, 2.05) is 36.1 Å². The Hall–Kier alpha value is -1.85. The van der Waals surface area contributed by atoms with Crippen molar-refractivity contribution in [1.29, 1.82) is 0 Å². The number of benzene rings is 1. The average Bonchev–Trinajstić information content (AvgIpc) is 2.48. The van der Waals surface area contributed by atoms with Crippen molar-refractivity contribution in [2.45, 2.75) is 25.9 Å². The summed E-state index contributed by atoms with van der Waals surface area (Å²) in [6.45, 7) is 5.54. The standard InChI is InChI=1S/C16H19N3O2.ClH/c1-10-11(2)19(8-7-17-10)16(21)13-9-15(20)18-14-6-4-3-5-12(13)14;/h3-6,9-11,17H,7-8H2,1-2H3,(H,18,20);1H. The molecule has 3 rings (SSSR count). The predicted octanol–water partition coefficient (Wildman–Crippen LogP) is 1.77. The van der Waals surface area contributed by atoms with Crippen LogP contribution in [0.3, 0.4) is 0 Å². The van der Waals surface area contributed by atoms with Crippen LogP contribution in [0.15, 0.2) is 35.1 Å². The second kappa shape index (κ2) is 6.50. The highest BCUT2D eigenvalue weighted by molar-refractivity contribution is 6.06. The van der Waals surface area contributed by atoms with Crippen LogP contribution in [0.4, 0.5) is 0 Å². The van der Waals surface area contributed by atoms with Gasteiger partial charge >= 0.3 is 0 Å². The van der Waals surface area contributed by atoms with Gasteiger partial charge in [0.1, 0.15) is 0 Å². The fraction of sp³-hybridized carbons (Fsp3) is 0.375. The van der Waals surface area contributed by atoms with E-state index in [0.717, 1.165) is 11.9 Å². The number of aromatic amines is 1. The highest BCUT2D eigenvalue weighted by Gasteiger charge is 2.29. The van der Waals surface area contributed by atoms with Crippen LogP contribution in [0.2, 0.25) is 0 Å². The van der Waals surface area contributed by atoms with Gasteiger partial charge < -0.3 is 15.2 Å². The van der Waals surface area contributed by atoms with E-state index < -0.39 is 0 Å². The van der Waals surface area contributed by atoms with Crippen molar-refractivity contribution in [3.8, 4) is 0 Å². The number of hydrogen-bond donors (Lipinski definition) is 2. The first kappa shape index (κ1) is 16.5. The van der Waals surface area contributed by atoms with Crippen molar-refractivity contribution in [2.75, 3.05) is 13.1 Å². The first-order valence-electron chi connectivity index (χ1n) is 7.24. The van der Waals surface area contributed by atoms with Crippen molar-refractivity contribution < 1.29 is 4.79 Å². The van der Waals surface area contributed by atoms with Crippen LogP contribution in [0.1, 0.15) is 24.2 Å². The minimum absolute atomic E-state index is 0. The monoisotopic (exact) mass is 321 g/mol. The fourth-order valence-electron chi connectivity index (χ4n) is 2.88. The van der Waals surface area contributed by atoms with E-state index >= 15 is 0 Å². The molecule has 2 unspecified atom stereocenters. The lowest BCUT2D eigenvalue weighted by Crippen LogP contribution is -2.57. The summed E-state index contributed by atoms with van der Waals surface area (Å²) in [6.07, 6.45) is 0. The van der Waals surface area contributed by atoms with Crippen molar-refractivity contribution in [1.82, 2.24) is 15.2 Å². The van der Waals surface area contributed by atoms with Crippen molar-refractivity contribution in [3.63, 3.8) is 0 Å². The largest absolute Gasteiger partial charge is 0.333 e. The van der Waals surface area contributed by atoms with Gasteiger partial charge in [0.2, 0.25) is 5.56 Å². The molecule has 5 nitrogen and oxygen atoms in total. The molecule has 2 atom stereocenters. The number of aromatic nitrogens is 1. The normalized spacial score (nSPS) is 21.5. The van der Waals surface area contributed by atoms with E-state index in [1.165, 1.54) is 6.07 Å². The summed E-state index contributed by atoms with van der Waals surface area (Å²) < 4.78 is 0. The third-order valence-corrected chi connectivity index (χ3v) is 4.28. The highest BCUT2D eigenvalue weighted by Crippen LogP contribution is 2.19. The van der Waals surface area contributed by atoms with Crippen LogP contribution in [0, 0.1) is 0 Å². The van der Waals surface area contributed by atoms with Gasteiger partial charge in [-0.1, -0.05) is 18.2 Å². The van der Waals surface area contributed by atoms with Gasteiger partial charge in [-0.15, -0.1) is 12.4 Å². The molecule has 0 aliphatic carbocycles. The maximum Gasteiger partial charge on any atom is 0.255 e. The number of rotatable bonds is 1. The Morgan fingerprint density at radius 3 is 2.77 bits per heavy atom. The van der Waals surface area contributed by atoms with Gasteiger partial charge in [0.15, 0.2) is 0 Å². The molecule has 0 bridgehead atoms. The Balaban J connectivity index is 0.00000176.